The van der Waals surface area contributed by atoms with Gasteiger partial charge in [0.25, 0.3) is 0 Å². The van der Waals surface area contributed by atoms with E-state index < -0.39 is 11.9 Å². The van der Waals surface area contributed by atoms with Gasteiger partial charge in [-0.15, -0.1) is 0 Å². The average molecular weight is 266 g/mol. The standard InChI is InChI=1S/C13H18N2O2S/c1-18-8-7-11(13(14)17)15-12(16)9-10-5-3-2-4-6-10/h2-6,11H,7-9H2,1H3,(H2,14,17)(H,15,16). The molecule has 1 rings (SSSR count). The van der Waals surface area contributed by atoms with E-state index in [9.17, 15) is 9.59 Å². The predicted molar refractivity (Wildman–Crippen MR) is 74.3 cm³/mol. The molecule has 18 heavy (non-hydrogen) atoms. The van der Waals surface area contributed by atoms with E-state index in [4.69, 9.17) is 5.73 Å². The molecule has 4 nitrogen and oxygen atoms in total. The first-order valence-electron chi connectivity index (χ1n) is 5.75. The third-order valence-electron chi connectivity index (χ3n) is 2.50. The Morgan fingerprint density at radius 1 is 1.33 bits per heavy atom. The molecule has 0 spiro atoms. The summed E-state index contributed by atoms with van der Waals surface area (Å²) < 4.78 is 0. The number of hydrogen-bond donors (Lipinski definition) is 2. The van der Waals surface area contributed by atoms with Crippen molar-refractivity contribution >= 4 is 23.6 Å². The van der Waals surface area contributed by atoms with Gasteiger partial charge in [-0.3, -0.25) is 9.59 Å². The van der Waals surface area contributed by atoms with Gasteiger partial charge in [-0.25, -0.2) is 0 Å². The minimum atomic E-state index is -0.575. The molecule has 1 unspecified atom stereocenters. The number of benzene rings is 1. The van der Waals surface area contributed by atoms with Gasteiger partial charge in [0, 0.05) is 0 Å². The Morgan fingerprint density at radius 3 is 2.56 bits per heavy atom. The number of carbonyl (C=O) groups excluding carboxylic acids is 2. The van der Waals surface area contributed by atoms with E-state index in [0.29, 0.717) is 6.42 Å². The smallest absolute Gasteiger partial charge is 0.240 e. The van der Waals surface area contributed by atoms with Crippen molar-refractivity contribution in [3.63, 3.8) is 0 Å². The highest BCUT2D eigenvalue weighted by molar-refractivity contribution is 7.98. The number of amides is 2. The van der Waals surface area contributed by atoms with E-state index in [0.717, 1.165) is 11.3 Å². The fraction of sp³-hybridized carbons (Fsp3) is 0.385. The normalized spacial score (nSPS) is 11.8. The lowest BCUT2D eigenvalue weighted by Crippen LogP contribution is -2.45. The number of rotatable bonds is 7. The third-order valence-corrected chi connectivity index (χ3v) is 3.14. The molecule has 0 aliphatic carbocycles. The molecule has 0 saturated heterocycles. The summed E-state index contributed by atoms with van der Waals surface area (Å²) in [5, 5.41) is 2.67. The van der Waals surface area contributed by atoms with Gasteiger partial charge in [-0.1, -0.05) is 30.3 Å². The summed E-state index contributed by atoms with van der Waals surface area (Å²) in [6.07, 6.45) is 2.78. The van der Waals surface area contributed by atoms with Crippen LogP contribution < -0.4 is 11.1 Å². The zero-order valence-corrected chi connectivity index (χ0v) is 11.2. The lowest BCUT2D eigenvalue weighted by Gasteiger charge is -2.14. The van der Waals surface area contributed by atoms with Crippen LogP contribution in [0.25, 0.3) is 0 Å². The van der Waals surface area contributed by atoms with Gasteiger partial charge < -0.3 is 11.1 Å². The molecule has 0 saturated carbocycles. The molecule has 0 aliphatic heterocycles. The molecule has 1 atom stereocenters. The molecule has 0 aromatic heterocycles. The topological polar surface area (TPSA) is 72.2 Å². The number of carbonyl (C=O) groups is 2. The SMILES string of the molecule is CSCCC(NC(=O)Cc1ccccc1)C(N)=O. The maximum atomic E-state index is 11.8. The summed E-state index contributed by atoms with van der Waals surface area (Å²) in [7, 11) is 0. The number of thioether (sulfide) groups is 1. The molecule has 5 heteroatoms. The van der Waals surface area contributed by atoms with Crippen molar-refractivity contribution in [1.29, 1.82) is 0 Å². The van der Waals surface area contributed by atoms with E-state index >= 15 is 0 Å². The predicted octanol–water partition coefficient (Wildman–Crippen LogP) is 0.952. The van der Waals surface area contributed by atoms with Crippen LogP contribution in [0.2, 0.25) is 0 Å². The van der Waals surface area contributed by atoms with Crippen LogP contribution in [-0.2, 0) is 16.0 Å². The molecule has 98 valence electrons. The first-order chi connectivity index (χ1) is 8.63. The van der Waals surface area contributed by atoms with Crippen molar-refractivity contribution in [1.82, 2.24) is 5.32 Å². The summed E-state index contributed by atoms with van der Waals surface area (Å²) in [6, 6.07) is 8.82. The van der Waals surface area contributed by atoms with Crippen LogP contribution in [0, 0.1) is 0 Å². The fourth-order valence-electron chi connectivity index (χ4n) is 1.55. The Balaban J connectivity index is 2.48. The second-order valence-electron chi connectivity index (χ2n) is 3.97. The van der Waals surface area contributed by atoms with E-state index in [1.54, 1.807) is 11.8 Å². The zero-order chi connectivity index (χ0) is 13.4. The van der Waals surface area contributed by atoms with E-state index in [-0.39, 0.29) is 12.3 Å². The zero-order valence-electron chi connectivity index (χ0n) is 10.4. The summed E-state index contributed by atoms with van der Waals surface area (Å²) in [6.45, 7) is 0. The molecular formula is C13H18N2O2S. The second kappa shape index (κ2) is 7.76. The molecule has 1 aromatic carbocycles. The largest absolute Gasteiger partial charge is 0.368 e. The highest BCUT2D eigenvalue weighted by atomic mass is 32.2. The summed E-state index contributed by atoms with van der Waals surface area (Å²) in [4.78, 5) is 23.0. The van der Waals surface area contributed by atoms with Crippen LogP contribution in [-0.4, -0.2) is 29.9 Å². The van der Waals surface area contributed by atoms with Gasteiger partial charge in [-0.2, -0.15) is 11.8 Å². The van der Waals surface area contributed by atoms with Gasteiger partial charge in [0.2, 0.25) is 11.8 Å². The number of nitrogens with two attached hydrogens (primary N) is 1. The van der Waals surface area contributed by atoms with Crippen LogP contribution >= 0.6 is 11.8 Å². The number of primary amides is 1. The monoisotopic (exact) mass is 266 g/mol. The maximum Gasteiger partial charge on any atom is 0.240 e. The fourth-order valence-corrected chi connectivity index (χ4v) is 2.02. The molecular weight excluding hydrogens is 248 g/mol. The van der Waals surface area contributed by atoms with Gasteiger partial charge >= 0.3 is 0 Å². The van der Waals surface area contributed by atoms with Crippen molar-refractivity contribution < 1.29 is 9.59 Å². The Hall–Kier alpha value is -1.49. The van der Waals surface area contributed by atoms with E-state index in [1.807, 2.05) is 36.6 Å². The van der Waals surface area contributed by atoms with Gasteiger partial charge in [0.05, 0.1) is 6.42 Å². The Bertz CT molecular complexity index is 395. The summed E-state index contributed by atoms with van der Waals surface area (Å²) in [5.41, 5.74) is 6.18. The Labute approximate surface area is 111 Å². The van der Waals surface area contributed by atoms with Gasteiger partial charge in [-0.05, 0) is 24.0 Å². The summed E-state index contributed by atoms with van der Waals surface area (Å²) in [5.74, 6) is 0.135. The first-order valence-corrected chi connectivity index (χ1v) is 7.14. The maximum absolute atomic E-state index is 11.8. The molecule has 1 aromatic rings. The second-order valence-corrected chi connectivity index (χ2v) is 4.95. The third kappa shape index (κ3) is 5.23. The Kier molecular flexibility index (Phi) is 6.28. The van der Waals surface area contributed by atoms with Crippen LogP contribution in [0.5, 0.6) is 0 Å². The van der Waals surface area contributed by atoms with Crippen LogP contribution in [0.3, 0.4) is 0 Å². The van der Waals surface area contributed by atoms with E-state index in [1.165, 1.54) is 0 Å². The molecule has 0 fully saturated rings. The lowest BCUT2D eigenvalue weighted by atomic mass is 10.1. The molecule has 0 radical (unpaired) electrons. The van der Waals surface area contributed by atoms with Gasteiger partial charge in [0.15, 0.2) is 0 Å². The lowest BCUT2D eigenvalue weighted by molar-refractivity contribution is -0.127. The molecule has 2 amide bonds. The average Bonchev–Trinajstić information content (AvgIpc) is 2.35. The quantitative estimate of drug-likeness (QED) is 0.772. The van der Waals surface area contributed by atoms with Crippen molar-refractivity contribution in [3.05, 3.63) is 35.9 Å². The highest BCUT2D eigenvalue weighted by Crippen LogP contribution is 2.03. The van der Waals surface area contributed by atoms with Crippen molar-refractivity contribution in [3.8, 4) is 0 Å². The summed E-state index contributed by atoms with van der Waals surface area (Å²) >= 11 is 1.62. The van der Waals surface area contributed by atoms with Crippen molar-refractivity contribution in [2.75, 3.05) is 12.0 Å². The van der Waals surface area contributed by atoms with Crippen molar-refractivity contribution in [2.24, 2.45) is 5.73 Å². The highest BCUT2D eigenvalue weighted by Gasteiger charge is 2.17. The minimum absolute atomic E-state index is 0.175. The first kappa shape index (κ1) is 14.6. The van der Waals surface area contributed by atoms with Crippen molar-refractivity contribution in [2.45, 2.75) is 18.9 Å². The van der Waals surface area contributed by atoms with Crippen LogP contribution in [0.4, 0.5) is 0 Å². The Morgan fingerprint density at radius 2 is 2.00 bits per heavy atom. The van der Waals surface area contributed by atoms with Crippen LogP contribution in [0.1, 0.15) is 12.0 Å². The molecule has 3 N–H and O–H groups in total. The molecule has 0 heterocycles. The minimum Gasteiger partial charge on any atom is -0.368 e. The van der Waals surface area contributed by atoms with Gasteiger partial charge in [0.1, 0.15) is 6.04 Å². The number of nitrogens with one attached hydrogen (secondary N) is 1. The van der Waals surface area contributed by atoms with Crippen LogP contribution in [0.15, 0.2) is 30.3 Å². The number of hydrogen-bond acceptors (Lipinski definition) is 3. The molecule has 0 aliphatic rings. The van der Waals surface area contributed by atoms with E-state index in [2.05, 4.69) is 5.32 Å². The molecule has 0 bridgehead atoms.